The number of hydrogen-bond acceptors (Lipinski definition) is 2. The van der Waals surface area contributed by atoms with Gasteiger partial charge in [0.05, 0.1) is 11.9 Å². The fourth-order valence-corrected chi connectivity index (χ4v) is 2.50. The Morgan fingerprint density at radius 3 is 2.57 bits per heavy atom. The molecule has 0 atom stereocenters. The topological polar surface area (TPSA) is 29.9 Å². The second-order valence-corrected chi connectivity index (χ2v) is 5.66. The first-order chi connectivity index (χ1) is 11.2. The molecule has 0 bridgehead atoms. The molecule has 0 aliphatic heterocycles. The Bertz CT molecular complexity index is 789. The molecule has 116 valence electrons. The second-order valence-electron chi connectivity index (χ2n) is 5.23. The van der Waals surface area contributed by atoms with Crippen LogP contribution in [0.25, 0.3) is 17.3 Å². The van der Waals surface area contributed by atoms with Crippen LogP contribution in [0.1, 0.15) is 5.56 Å². The van der Waals surface area contributed by atoms with E-state index in [2.05, 4.69) is 34.6 Å². The van der Waals surface area contributed by atoms with Crippen molar-refractivity contribution in [3.05, 3.63) is 77.5 Å². The molecule has 1 heterocycles. The predicted octanol–water partition coefficient (Wildman–Crippen LogP) is 4.87. The summed E-state index contributed by atoms with van der Waals surface area (Å²) in [5.74, 6) is 0.840. The fraction of sp³-hybridized carbons (Fsp3) is 0.105. The van der Waals surface area contributed by atoms with E-state index in [1.165, 1.54) is 5.56 Å². The second kappa shape index (κ2) is 7.16. The predicted molar refractivity (Wildman–Crippen MR) is 97.6 cm³/mol. The molecule has 2 aromatic carbocycles. The molecule has 0 spiro atoms. The van der Waals surface area contributed by atoms with Gasteiger partial charge < -0.3 is 9.88 Å². The minimum Gasteiger partial charge on any atom is -0.352 e. The number of halogens is 1. The molecule has 0 saturated heterocycles. The quantitative estimate of drug-likeness (QED) is 0.726. The summed E-state index contributed by atoms with van der Waals surface area (Å²) < 4.78 is 2.04. The Morgan fingerprint density at radius 1 is 1.09 bits per heavy atom. The van der Waals surface area contributed by atoms with Gasteiger partial charge in [0.1, 0.15) is 0 Å². The van der Waals surface area contributed by atoms with E-state index >= 15 is 0 Å². The SMILES string of the molecule is Cn1c(-c2ccc(Cl)cc2)cnc1NC/C=C/c1ccccc1. The van der Waals surface area contributed by atoms with Gasteiger partial charge in [-0.15, -0.1) is 0 Å². The zero-order valence-electron chi connectivity index (χ0n) is 12.9. The molecular weight excluding hydrogens is 306 g/mol. The Hall–Kier alpha value is -2.52. The van der Waals surface area contributed by atoms with Gasteiger partial charge >= 0.3 is 0 Å². The van der Waals surface area contributed by atoms with Gasteiger partial charge in [0.15, 0.2) is 0 Å². The first-order valence-electron chi connectivity index (χ1n) is 7.47. The van der Waals surface area contributed by atoms with E-state index in [0.29, 0.717) is 0 Å². The van der Waals surface area contributed by atoms with Gasteiger partial charge in [-0.05, 0) is 23.3 Å². The minimum atomic E-state index is 0.722. The number of imidazole rings is 1. The van der Waals surface area contributed by atoms with Crippen molar-refractivity contribution in [2.75, 3.05) is 11.9 Å². The van der Waals surface area contributed by atoms with E-state index in [-0.39, 0.29) is 0 Å². The maximum absolute atomic E-state index is 5.94. The van der Waals surface area contributed by atoms with Crippen LogP contribution in [0.2, 0.25) is 5.02 Å². The van der Waals surface area contributed by atoms with E-state index in [1.54, 1.807) is 0 Å². The fourth-order valence-electron chi connectivity index (χ4n) is 2.37. The van der Waals surface area contributed by atoms with Crippen molar-refractivity contribution >= 4 is 23.6 Å². The lowest BCUT2D eigenvalue weighted by Gasteiger charge is -2.07. The van der Waals surface area contributed by atoms with Crippen LogP contribution in [0.3, 0.4) is 0 Å². The molecule has 0 amide bonds. The molecular formula is C19H18ClN3. The molecule has 23 heavy (non-hydrogen) atoms. The summed E-state index contributed by atoms with van der Waals surface area (Å²) in [6.45, 7) is 0.722. The summed E-state index contributed by atoms with van der Waals surface area (Å²) in [5, 5.41) is 4.06. The van der Waals surface area contributed by atoms with E-state index in [9.17, 15) is 0 Å². The van der Waals surface area contributed by atoms with Crippen LogP contribution in [0.4, 0.5) is 5.95 Å². The highest BCUT2D eigenvalue weighted by Crippen LogP contribution is 2.23. The van der Waals surface area contributed by atoms with Gasteiger partial charge in [-0.1, -0.05) is 66.2 Å². The average Bonchev–Trinajstić information content (AvgIpc) is 2.94. The first-order valence-corrected chi connectivity index (χ1v) is 7.85. The highest BCUT2D eigenvalue weighted by atomic mass is 35.5. The van der Waals surface area contributed by atoms with Crippen molar-refractivity contribution in [1.82, 2.24) is 9.55 Å². The number of aromatic nitrogens is 2. The lowest BCUT2D eigenvalue weighted by molar-refractivity contribution is 0.920. The largest absolute Gasteiger partial charge is 0.352 e. The maximum atomic E-state index is 5.94. The van der Waals surface area contributed by atoms with Crippen LogP contribution in [0.5, 0.6) is 0 Å². The van der Waals surface area contributed by atoms with Gasteiger partial charge in [0.25, 0.3) is 0 Å². The lowest BCUT2D eigenvalue weighted by atomic mass is 10.2. The third-order valence-corrected chi connectivity index (χ3v) is 3.87. The number of benzene rings is 2. The van der Waals surface area contributed by atoms with Gasteiger partial charge in [0.2, 0.25) is 5.95 Å². The van der Waals surface area contributed by atoms with Crippen LogP contribution in [0, 0.1) is 0 Å². The summed E-state index contributed by atoms with van der Waals surface area (Å²) >= 11 is 5.94. The monoisotopic (exact) mass is 323 g/mol. The third kappa shape index (κ3) is 3.82. The maximum Gasteiger partial charge on any atom is 0.203 e. The number of nitrogens with one attached hydrogen (secondary N) is 1. The average molecular weight is 324 g/mol. The van der Waals surface area contributed by atoms with Crippen LogP contribution in [0.15, 0.2) is 66.9 Å². The molecule has 0 unspecified atom stereocenters. The van der Waals surface area contributed by atoms with E-state index in [4.69, 9.17) is 11.6 Å². The normalized spacial score (nSPS) is 11.0. The summed E-state index contributed by atoms with van der Waals surface area (Å²) in [4.78, 5) is 4.44. The van der Waals surface area contributed by atoms with Gasteiger partial charge in [0, 0.05) is 18.6 Å². The number of hydrogen-bond donors (Lipinski definition) is 1. The number of rotatable bonds is 5. The van der Waals surface area contributed by atoms with Crippen molar-refractivity contribution in [3.63, 3.8) is 0 Å². The Kier molecular flexibility index (Phi) is 4.79. The van der Waals surface area contributed by atoms with E-state index in [0.717, 1.165) is 28.8 Å². The molecule has 3 rings (SSSR count). The van der Waals surface area contributed by atoms with Crippen molar-refractivity contribution in [2.45, 2.75) is 0 Å². The highest BCUT2D eigenvalue weighted by Gasteiger charge is 2.07. The molecule has 0 fully saturated rings. The van der Waals surface area contributed by atoms with Gasteiger partial charge in [-0.25, -0.2) is 4.98 Å². The molecule has 1 N–H and O–H groups in total. The summed E-state index contributed by atoms with van der Waals surface area (Å²) in [7, 11) is 2.00. The number of anilines is 1. The molecule has 0 radical (unpaired) electrons. The Labute approximate surface area is 141 Å². The zero-order valence-corrected chi connectivity index (χ0v) is 13.7. The molecule has 3 aromatic rings. The zero-order chi connectivity index (χ0) is 16.1. The molecule has 0 aliphatic carbocycles. The Balaban J connectivity index is 1.65. The number of nitrogens with zero attached hydrogens (tertiary/aromatic N) is 2. The Morgan fingerprint density at radius 2 is 1.83 bits per heavy atom. The molecule has 1 aromatic heterocycles. The van der Waals surface area contributed by atoms with E-state index < -0.39 is 0 Å². The van der Waals surface area contributed by atoms with Crippen LogP contribution < -0.4 is 5.32 Å². The molecule has 0 saturated carbocycles. The first kappa shape index (κ1) is 15.4. The van der Waals surface area contributed by atoms with Crippen molar-refractivity contribution < 1.29 is 0 Å². The lowest BCUT2D eigenvalue weighted by Crippen LogP contribution is -2.05. The summed E-state index contributed by atoms with van der Waals surface area (Å²) in [5.41, 5.74) is 3.34. The van der Waals surface area contributed by atoms with Crippen molar-refractivity contribution in [1.29, 1.82) is 0 Å². The van der Waals surface area contributed by atoms with Gasteiger partial charge in [-0.2, -0.15) is 0 Å². The summed E-state index contributed by atoms with van der Waals surface area (Å²) in [6, 6.07) is 18.0. The van der Waals surface area contributed by atoms with Crippen molar-refractivity contribution in [2.24, 2.45) is 7.05 Å². The van der Waals surface area contributed by atoms with Crippen LogP contribution in [-0.4, -0.2) is 16.1 Å². The molecule has 3 nitrogen and oxygen atoms in total. The van der Waals surface area contributed by atoms with E-state index in [1.807, 2.05) is 60.3 Å². The third-order valence-electron chi connectivity index (χ3n) is 3.62. The van der Waals surface area contributed by atoms with Crippen molar-refractivity contribution in [3.8, 4) is 11.3 Å². The highest BCUT2D eigenvalue weighted by molar-refractivity contribution is 6.30. The molecule has 0 aliphatic rings. The van der Waals surface area contributed by atoms with Crippen LogP contribution in [-0.2, 0) is 7.05 Å². The smallest absolute Gasteiger partial charge is 0.203 e. The minimum absolute atomic E-state index is 0.722. The van der Waals surface area contributed by atoms with Crippen LogP contribution >= 0.6 is 11.6 Å². The van der Waals surface area contributed by atoms with Gasteiger partial charge in [-0.3, -0.25) is 0 Å². The standard InChI is InChI=1S/C19H18ClN3/c1-23-18(16-9-11-17(20)12-10-16)14-22-19(23)21-13-5-8-15-6-3-2-4-7-15/h2-12,14H,13H2,1H3,(H,21,22)/b8-5+. The summed E-state index contributed by atoms with van der Waals surface area (Å²) in [6.07, 6.45) is 6.05. The molecule has 4 heteroatoms.